The predicted molar refractivity (Wildman–Crippen MR) is 107 cm³/mol. The monoisotopic (exact) mass is 442 g/mol. The number of ether oxygens (including phenoxy) is 2. The maximum Gasteiger partial charge on any atom is 0.191 e. The van der Waals surface area contributed by atoms with E-state index in [9.17, 15) is 0 Å². The van der Waals surface area contributed by atoms with Gasteiger partial charge in [0, 0.05) is 46.4 Å². The molecule has 138 valence electrons. The summed E-state index contributed by atoms with van der Waals surface area (Å²) in [4.78, 5) is 6.85. The van der Waals surface area contributed by atoms with Crippen molar-refractivity contribution in [1.82, 2.24) is 15.5 Å². The molecule has 2 N–H and O–H groups in total. The Hall–Kier alpha value is -0.120. The molecular weight excluding hydrogens is 407 g/mol. The summed E-state index contributed by atoms with van der Waals surface area (Å²) in [5.74, 6) is 0.908. The van der Waals surface area contributed by atoms with E-state index in [1.807, 2.05) is 7.05 Å². The first-order valence-corrected chi connectivity index (χ1v) is 8.56. The SMILES string of the molecule is CCCN1CCC(NC(=NC)NCCCOCCOC)CC1.I. The van der Waals surface area contributed by atoms with Gasteiger partial charge in [0.1, 0.15) is 0 Å². The zero-order valence-corrected chi connectivity index (χ0v) is 17.3. The second kappa shape index (κ2) is 15.4. The number of rotatable bonds is 10. The molecule has 1 rings (SSSR count). The molecule has 0 aromatic heterocycles. The lowest BCUT2D eigenvalue weighted by atomic mass is 10.1. The molecule has 0 atom stereocenters. The van der Waals surface area contributed by atoms with Gasteiger partial charge in [-0.3, -0.25) is 4.99 Å². The van der Waals surface area contributed by atoms with Crippen molar-refractivity contribution in [2.75, 3.05) is 60.2 Å². The van der Waals surface area contributed by atoms with Gasteiger partial charge < -0.3 is 25.0 Å². The number of likely N-dealkylation sites (tertiary alicyclic amines) is 1. The molecule has 7 heteroatoms. The minimum absolute atomic E-state index is 0. The molecule has 1 aliphatic heterocycles. The molecule has 23 heavy (non-hydrogen) atoms. The van der Waals surface area contributed by atoms with Crippen LogP contribution in [0.3, 0.4) is 0 Å². The summed E-state index contributed by atoms with van der Waals surface area (Å²) in [6.45, 7) is 8.81. The summed E-state index contributed by atoms with van der Waals surface area (Å²) in [5.41, 5.74) is 0. The van der Waals surface area contributed by atoms with Crippen molar-refractivity contribution < 1.29 is 9.47 Å². The molecule has 0 radical (unpaired) electrons. The summed E-state index contributed by atoms with van der Waals surface area (Å²) in [6.07, 6.45) is 4.61. The molecule has 6 nitrogen and oxygen atoms in total. The summed E-state index contributed by atoms with van der Waals surface area (Å²) in [7, 11) is 3.52. The van der Waals surface area contributed by atoms with E-state index in [4.69, 9.17) is 9.47 Å². The molecule has 0 aliphatic carbocycles. The van der Waals surface area contributed by atoms with Crippen LogP contribution in [0, 0.1) is 0 Å². The fourth-order valence-electron chi connectivity index (χ4n) is 2.63. The summed E-state index contributed by atoms with van der Waals surface area (Å²) >= 11 is 0. The van der Waals surface area contributed by atoms with Gasteiger partial charge in [-0.2, -0.15) is 0 Å². The molecular formula is C16H35IN4O2. The van der Waals surface area contributed by atoms with Crippen LogP contribution < -0.4 is 10.6 Å². The minimum atomic E-state index is 0. The first-order chi connectivity index (χ1) is 10.8. The van der Waals surface area contributed by atoms with E-state index in [0.717, 1.165) is 25.5 Å². The largest absolute Gasteiger partial charge is 0.382 e. The van der Waals surface area contributed by atoms with Crippen LogP contribution in [-0.4, -0.2) is 77.1 Å². The number of piperidine rings is 1. The molecule has 0 unspecified atom stereocenters. The van der Waals surface area contributed by atoms with Gasteiger partial charge in [0.05, 0.1) is 13.2 Å². The Labute approximate surface area is 158 Å². The average Bonchev–Trinajstić information content (AvgIpc) is 2.55. The zero-order chi connectivity index (χ0) is 16.0. The molecule has 0 bridgehead atoms. The highest BCUT2D eigenvalue weighted by atomic mass is 127. The maximum absolute atomic E-state index is 5.44. The summed E-state index contributed by atoms with van der Waals surface area (Å²) in [5, 5.41) is 6.89. The van der Waals surface area contributed by atoms with Gasteiger partial charge in [-0.1, -0.05) is 6.92 Å². The van der Waals surface area contributed by atoms with Gasteiger partial charge in [-0.15, -0.1) is 24.0 Å². The van der Waals surface area contributed by atoms with Crippen molar-refractivity contribution in [3.8, 4) is 0 Å². The lowest BCUT2D eigenvalue weighted by Crippen LogP contribution is -2.49. The molecule has 1 aliphatic rings. The average molecular weight is 442 g/mol. The number of hydrogen-bond donors (Lipinski definition) is 2. The Morgan fingerprint density at radius 2 is 1.96 bits per heavy atom. The Kier molecular flexibility index (Phi) is 15.3. The van der Waals surface area contributed by atoms with E-state index in [1.165, 1.54) is 38.9 Å². The Balaban J connectivity index is 0.00000484. The normalized spacial score (nSPS) is 16.9. The number of halogens is 1. The van der Waals surface area contributed by atoms with Crippen LogP contribution in [-0.2, 0) is 9.47 Å². The fraction of sp³-hybridized carbons (Fsp3) is 0.938. The van der Waals surface area contributed by atoms with Gasteiger partial charge in [-0.05, 0) is 32.2 Å². The zero-order valence-electron chi connectivity index (χ0n) is 15.0. The van der Waals surface area contributed by atoms with Gasteiger partial charge in [0.25, 0.3) is 0 Å². The van der Waals surface area contributed by atoms with Crippen molar-refractivity contribution in [1.29, 1.82) is 0 Å². The van der Waals surface area contributed by atoms with Crippen LogP contribution in [0.4, 0.5) is 0 Å². The van der Waals surface area contributed by atoms with Gasteiger partial charge in [0.2, 0.25) is 0 Å². The first kappa shape index (κ1) is 22.9. The summed E-state index contributed by atoms with van der Waals surface area (Å²) < 4.78 is 10.4. The Bertz CT molecular complexity index is 298. The highest BCUT2D eigenvalue weighted by Gasteiger charge is 2.18. The number of aliphatic imine (C=N–C) groups is 1. The second-order valence-corrected chi connectivity index (χ2v) is 5.72. The number of methoxy groups -OCH3 is 1. The molecule has 1 heterocycles. The molecule has 0 saturated carbocycles. The van der Waals surface area contributed by atoms with Gasteiger partial charge in [-0.25, -0.2) is 0 Å². The lowest BCUT2D eigenvalue weighted by molar-refractivity contribution is 0.0698. The Morgan fingerprint density at radius 1 is 1.22 bits per heavy atom. The van der Waals surface area contributed by atoms with Crippen LogP contribution in [0.25, 0.3) is 0 Å². The number of nitrogens with one attached hydrogen (secondary N) is 2. The lowest BCUT2D eigenvalue weighted by Gasteiger charge is -2.32. The highest BCUT2D eigenvalue weighted by Crippen LogP contribution is 2.10. The van der Waals surface area contributed by atoms with E-state index in [2.05, 4.69) is 27.4 Å². The minimum Gasteiger partial charge on any atom is -0.382 e. The molecule has 1 fully saturated rings. The van der Waals surface area contributed by atoms with E-state index in [1.54, 1.807) is 7.11 Å². The van der Waals surface area contributed by atoms with Crippen molar-refractivity contribution in [2.45, 2.75) is 38.6 Å². The van der Waals surface area contributed by atoms with Crippen molar-refractivity contribution in [3.63, 3.8) is 0 Å². The van der Waals surface area contributed by atoms with Crippen molar-refractivity contribution in [3.05, 3.63) is 0 Å². The highest BCUT2D eigenvalue weighted by molar-refractivity contribution is 14.0. The van der Waals surface area contributed by atoms with Crippen LogP contribution in [0.15, 0.2) is 4.99 Å². The molecule has 0 aromatic carbocycles. The first-order valence-electron chi connectivity index (χ1n) is 8.56. The topological polar surface area (TPSA) is 58.1 Å². The van der Waals surface area contributed by atoms with E-state index in [0.29, 0.717) is 19.3 Å². The number of guanidine groups is 1. The van der Waals surface area contributed by atoms with E-state index >= 15 is 0 Å². The Morgan fingerprint density at radius 3 is 2.57 bits per heavy atom. The predicted octanol–water partition coefficient (Wildman–Crippen LogP) is 1.70. The van der Waals surface area contributed by atoms with Crippen LogP contribution in [0.5, 0.6) is 0 Å². The third-order valence-corrected chi connectivity index (χ3v) is 3.88. The molecule has 0 amide bonds. The van der Waals surface area contributed by atoms with E-state index < -0.39 is 0 Å². The van der Waals surface area contributed by atoms with Crippen molar-refractivity contribution in [2.24, 2.45) is 4.99 Å². The maximum atomic E-state index is 5.44. The standard InChI is InChI=1S/C16H34N4O2.HI/c1-4-9-20-10-6-15(7-11-20)19-16(17-2)18-8-5-12-22-14-13-21-3;/h15H,4-14H2,1-3H3,(H2,17,18,19);1H. The van der Waals surface area contributed by atoms with Crippen LogP contribution in [0.1, 0.15) is 32.6 Å². The third kappa shape index (κ3) is 11.1. The third-order valence-electron chi connectivity index (χ3n) is 3.88. The quantitative estimate of drug-likeness (QED) is 0.234. The fourth-order valence-corrected chi connectivity index (χ4v) is 2.63. The summed E-state index contributed by atoms with van der Waals surface area (Å²) in [6, 6.07) is 0.539. The smallest absolute Gasteiger partial charge is 0.191 e. The molecule has 0 spiro atoms. The molecule has 0 aromatic rings. The second-order valence-electron chi connectivity index (χ2n) is 5.72. The van der Waals surface area contributed by atoms with Gasteiger partial charge in [0.15, 0.2) is 5.96 Å². The molecule has 1 saturated heterocycles. The van der Waals surface area contributed by atoms with Crippen LogP contribution >= 0.6 is 24.0 Å². The van der Waals surface area contributed by atoms with Gasteiger partial charge >= 0.3 is 0 Å². The number of nitrogens with zero attached hydrogens (tertiary/aromatic N) is 2. The van der Waals surface area contributed by atoms with Crippen molar-refractivity contribution >= 4 is 29.9 Å². The van der Waals surface area contributed by atoms with Crippen LogP contribution in [0.2, 0.25) is 0 Å². The van der Waals surface area contributed by atoms with E-state index in [-0.39, 0.29) is 24.0 Å². The number of hydrogen-bond acceptors (Lipinski definition) is 4.